The van der Waals surface area contributed by atoms with E-state index in [0.717, 1.165) is 24.2 Å². The second-order valence-corrected chi connectivity index (χ2v) is 6.59. The Bertz CT molecular complexity index is 486. The first kappa shape index (κ1) is 16.0. The van der Waals surface area contributed by atoms with Gasteiger partial charge in [0.1, 0.15) is 0 Å². The molecule has 0 amide bonds. The summed E-state index contributed by atoms with van der Waals surface area (Å²) < 4.78 is 26.3. The monoisotopic (exact) mass is 284 g/mol. The molecular formula is C14H24N2O2S. The fraction of sp³-hybridized carbons (Fsp3) is 0.571. The van der Waals surface area contributed by atoms with Crippen molar-refractivity contribution in [3.8, 4) is 0 Å². The summed E-state index contributed by atoms with van der Waals surface area (Å²) in [5.74, 6) is 0.205. The van der Waals surface area contributed by atoms with Crippen molar-refractivity contribution in [2.75, 3.05) is 30.2 Å². The first-order valence-corrected chi connectivity index (χ1v) is 8.34. The third-order valence-electron chi connectivity index (χ3n) is 3.09. The zero-order valence-electron chi connectivity index (χ0n) is 12.0. The minimum atomic E-state index is -3.22. The van der Waals surface area contributed by atoms with Gasteiger partial charge in [0.25, 0.3) is 0 Å². The van der Waals surface area contributed by atoms with Crippen LogP contribution in [0, 0.1) is 6.92 Å². The van der Waals surface area contributed by atoms with Gasteiger partial charge in [-0.05, 0) is 51.9 Å². The SMILES string of the molecule is CCN(c1ccccc1C)S(=O)(=O)CCCCNC. The fourth-order valence-corrected chi connectivity index (χ4v) is 3.74. The lowest BCUT2D eigenvalue weighted by Crippen LogP contribution is -2.33. The van der Waals surface area contributed by atoms with Crippen molar-refractivity contribution < 1.29 is 8.42 Å². The van der Waals surface area contributed by atoms with Crippen molar-refractivity contribution in [3.63, 3.8) is 0 Å². The van der Waals surface area contributed by atoms with Crippen LogP contribution in [0.5, 0.6) is 0 Å². The summed E-state index contributed by atoms with van der Waals surface area (Å²) in [6, 6.07) is 7.60. The number of anilines is 1. The van der Waals surface area contributed by atoms with E-state index >= 15 is 0 Å². The molecule has 1 rings (SSSR count). The van der Waals surface area contributed by atoms with Crippen LogP contribution < -0.4 is 9.62 Å². The molecule has 0 spiro atoms. The van der Waals surface area contributed by atoms with Crippen molar-refractivity contribution in [2.45, 2.75) is 26.7 Å². The van der Waals surface area contributed by atoms with E-state index < -0.39 is 10.0 Å². The molecule has 0 atom stereocenters. The molecule has 0 saturated heterocycles. The van der Waals surface area contributed by atoms with Gasteiger partial charge < -0.3 is 5.32 Å². The van der Waals surface area contributed by atoms with Crippen LogP contribution in [0.15, 0.2) is 24.3 Å². The Morgan fingerprint density at radius 1 is 1.21 bits per heavy atom. The van der Waals surface area contributed by atoms with Gasteiger partial charge in [0.15, 0.2) is 0 Å². The van der Waals surface area contributed by atoms with Crippen molar-refractivity contribution in [1.29, 1.82) is 0 Å². The molecule has 0 unspecified atom stereocenters. The van der Waals surface area contributed by atoms with E-state index in [4.69, 9.17) is 0 Å². The third kappa shape index (κ3) is 4.51. The van der Waals surface area contributed by atoms with Gasteiger partial charge in [-0.25, -0.2) is 8.42 Å². The van der Waals surface area contributed by atoms with Crippen LogP contribution in [0.2, 0.25) is 0 Å². The Hall–Kier alpha value is -1.07. The maximum absolute atomic E-state index is 12.4. The van der Waals surface area contributed by atoms with E-state index in [1.807, 2.05) is 45.2 Å². The zero-order chi connectivity index (χ0) is 14.3. The maximum Gasteiger partial charge on any atom is 0.235 e. The van der Waals surface area contributed by atoms with E-state index in [1.165, 1.54) is 4.31 Å². The third-order valence-corrected chi connectivity index (χ3v) is 5.02. The average molecular weight is 284 g/mol. The number of hydrogen-bond donors (Lipinski definition) is 1. The summed E-state index contributed by atoms with van der Waals surface area (Å²) in [5.41, 5.74) is 1.78. The van der Waals surface area contributed by atoms with Crippen molar-refractivity contribution >= 4 is 15.7 Å². The lowest BCUT2D eigenvalue weighted by Gasteiger charge is -2.24. The molecule has 1 aromatic carbocycles. The molecule has 0 aliphatic rings. The average Bonchev–Trinajstić information content (AvgIpc) is 2.37. The van der Waals surface area contributed by atoms with E-state index in [-0.39, 0.29) is 5.75 Å². The number of nitrogens with one attached hydrogen (secondary N) is 1. The Morgan fingerprint density at radius 2 is 1.89 bits per heavy atom. The first-order valence-electron chi connectivity index (χ1n) is 6.73. The number of sulfonamides is 1. The largest absolute Gasteiger partial charge is 0.320 e. The molecule has 0 heterocycles. The van der Waals surface area contributed by atoms with Crippen LogP contribution in [-0.4, -0.2) is 34.3 Å². The smallest absolute Gasteiger partial charge is 0.235 e. The van der Waals surface area contributed by atoms with Crippen LogP contribution in [0.1, 0.15) is 25.3 Å². The Labute approximate surface area is 116 Å². The van der Waals surface area contributed by atoms with Crippen LogP contribution in [0.25, 0.3) is 0 Å². The van der Waals surface area contributed by atoms with Crippen molar-refractivity contribution in [3.05, 3.63) is 29.8 Å². The summed E-state index contributed by atoms with van der Waals surface area (Å²) in [6.45, 7) is 5.14. The number of unbranched alkanes of at least 4 members (excludes halogenated alkanes) is 1. The van der Waals surface area contributed by atoms with E-state index in [1.54, 1.807) is 0 Å². The number of aryl methyl sites for hydroxylation is 1. The molecule has 1 aromatic rings. The second kappa shape index (κ2) is 7.50. The molecule has 0 aliphatic heterocycles. The first-order chi connectivity index (χ1) is 9.03. The summed E-state index contributed by atoms with van der Waals surface area (Å²) in [5, 5.41) is 3.03. The number of rotatable bonds is 8. The zero-order valence-corrected chi connectivity index (χ0v) is 12.8. The molecule has 108 valence electrons. The molecule has 5 heteroatoms. The fourth-order valence-electron chi connectivity index (χ4n) is 2.06. The molecule has 0 fully saturated rings. The highest BCUT2D eigenvalue weighted by Crippen LogP contribution is 2.22. The summed E-state index contributed by atoms with van der Waals surface area (Å²) in [4.78, 5) is 0. The van der Waals surface area contributed by atoms with Crippen molar-refractivity contribution in [2.24, 2.45) is 0 Å². The van der Waals surface area contributed by atoms with Crippen LogP contribution in [0.3, 0.4) is 0 Å². The summed E-state index contributed by atoms with van der Waals surface area (Å²) in [6.07, 6.45) is 1.56. The van der Waals surface area contributed by atoms with Crippen molar-refractivity contribution in [1.82, 2.24) is 5.32 Å². The molecule has 0 radical (unpaired) electrons. The molecular weight excluding hydrogens is 260 g/mol. The Morgan fingerprint density at radius 3 is 2.47 bits per heavy atom. The number of hydrogen-bond acceptors (Lipinski definition) is 3. The topological polar surface area (TPSA) is 49.4 Å². The molecule has 0 saturated carbocycles. The van der Waals surface area contributed by atoms with Gasteiger partial charge in [-0.15, -0.1) is 0 Å². The van der Waals surface area contributed by atoms with Gasteiger partial charge in [0.05, 0.1) is 11.4 Å². The van der Waals surface area contributed by atoms with Gasteiger partial charge in [-0.1, -0.05) is 18.2 Å². The normalized spacial score (nSPS) is 11.5. The van der Waals surface area contributed by atoms with E-state index in [9.17, 15) is 8.42 Å². The summed E-state index contributed by atoms with van der Waals surface area (Å²) >= 11 is 0. The lowest BCUT2D eigenvalue weighted by molar-refractivity contribution is 0.585. The Kier molecular flexibility index (Phi) is 6.31. The number of benzene rings is 1. The highest BCUT2D eigenvalue weighted by molar-refractivity contribution is 7.92. The highest BCUT2D eigenvalue weighted by atomic mass is 32.2. The molecule has 0 bridgehead atoms. The predicted molar refractivity (Wildman–Crippen MR) is 81.1 cm³/mol. The molecule has 1 N–H and O–H groups in total. The number of nitrogens with zero attached hydrogens (tertiary/aromatic N) is 1. The molecule has 19 heavy (non-hydrogen) atoms. The minimum Gasteiger partial charge on any atom is -0.320 e. The predicted octanol–water partition coefficient (Wildman–Crippen LogP) is 2.15. The minimum absolute atomic E-state index is 0.205. The van der Waals surface area contributed by atoms with E-state index in [2.05, 4.69) is 5.32 Å². The van der Waals surface area contributed by atoms with Gasteiger partial charge in [-0.3, -0.25) is 4.31 Å². The lowest BCUT2D eigenvalue weighted by atomic mass is 10.2. The van der Waals surface area contributed by atoms with Gasteiger partial charge in [0, 0.05) is 6.54 Å². The van der Waals surface area contributed by atoms with Crippen LogP contribution in [0.4, 0.5) is 5.69 Å². The van der Waals surface area contributed by atoms with Gasteiger partial charge in [0.2, 0.25) is 10.0 Å². The highest BCUT2D eigenvalue weighted by Gasteiger charge is 2.21. The molecule has 0 aromatic heterocycles. The second-order valence-electron chi connectivity index (χ2n) is 4.58. The van der Waals surface area contributed by atoms with Gasteiger partial charge >= 0.3 is 0 Å². The van der Waals surface area contributed by atoms with Gasteiger partial charge in [-0.2, -0.15) is 0 Å². The molecule has 0 aliphatic carbocycles. The maximum atomic E-state index is 12.4. The standard InChI is InChI=1S/C14H24N2O2S/c1-4-16(14-10-6-5-9-13(14)2)19(17,18)12-8-7-11-15-3/h5-6,9-10,15H,4,7-8,11-12H2,1-3H3. The number of para-hydroxylation sites is 1. The molecule has 4 nitrogen and oxygen atoms in total. The van der Waals surface area contributed by atoms with Crippen LogP contribution in [-0.2, 0) is 10.0 Å². The van der Waals surface area contributed by atoms with E-state index in [0.29, 0.717) is 13.0 Å². The quantitative estimate of drug-likeness (QED) is 0.744. The van der Waals surface area contributed by atoms with Crippen LogP contribution >= 0.6 is 0 Å². The summed E-state index contributed by atoms with van der Waals surface area (Å²) in [7, 11) is -1.35. The Balaban J connectivity index is 2.81.